The van der Waals surface area contributed by atoms with E-state index in [4.69, 9.17) is 9.47 Å². The zero-order valence-corrected chi connectivity index (χ0v) is 16.9. The maximum Gasteiger partial charge on any atom is 0.337 e. The van der Waals surface area contributed by atoms with Crippen LogP contribution in [0.3, 0.4) is 0 Å². The largest absolute Gasteiger partial charge is 0.497 e. The van der Waals surface area contributed by atoms with Gasteiger partial charge in [-0.1, -0.05) is 30.3 Å². The second-order valence-corrected chi connectivity index (χ2v) is 6.88. The van der Waals surface area contributed by atoms with Gasteiger partial charge in [0.15, 0.2) is 0 Å². The van der Waals surface area contributed by atoms with Crippen molar-refractivity contribution < 1.29 is 14.3 Å². The molecule has 0 spiro atoms. The van der Waals surface area contributed by atoms with Crippen LogP contribution in [0.25, 0.3) is 10.9 Å². The average Bonchev–Trinajstić information content (AvgIpc) is 3.15. The van der Waals surface area contributed by atoms with E-state index >= 15 is 0 Å². The second-order valence-electron chi connectivity index (χ2n) is 6.88. The zero-order valence-electron chi connectivity index (χ0n) is 16.9. The summed E-state index contributed by atoms with van der Waals surface area (Å²) in [5.41, 5.74) is 4.58. The van der Waals surface area contributed by atoms with E-state index in [1.807, 2.05) is 60.8 Å². The standard InChI is InChI=1S/C25H22N2O3/c1-29-22-12-10-21(11-13-22)26-15-20-17-27(24-9-4-3-8-23(20)24)16-18-6-5-7-19(14-18)25(28)30-2/h3-15,17H,16H2,1-2H3. The van der Waals surface area contributed by atoms with Gasteiger partial charge in [-0.2, -0.15) is 0 Å². The number of fused-ring (bicyclic) bond motifs is 1. The van der Waals surface area contributed by atoms with Gasteiger partial charge in [-0.3, -0.25) is 4.99 Å². The van der Waals surface area contributed by atoms with E-state index in [-0.39, 0.29) is 5.97 Å². The summed E-state index contributed by atoms with van der Waals surface area (Å²) in [6, 6.07) is 23.4. The topological polar surface area (TPSA) is 52.8 Å². The van der Waals surface area contributed by atoms with E-state index in [9.17, 15) is 4.79 Å². The molecule has 0 aliphatic rings. The molecule has 150 valence electrons. The molecule has 0 saturated carbocycles. The highest BCUT2D eigenvalue weighted by Gasteiger charge is 2.09. The number of para-hydroxylation sites is 1. The van der Waals surface area contributed by atoms with Crippen LogP contribution in [-0.4, -0.2) is 31.0 Å². The van der Waals surface area contributed by atoms with Crippen LogP contribution in [0, 0.1) is 0 Å². The Balaban J connectivity index is 1.65. The summed E-state index contributed by atoms with van der Waals surface area (Å²) in [4.78, 5) is 16.5. The molecule has 1 aromatic heterocycles. The number of nitrogens with zero attached hydrogens (tertiary/aromatic N) is 2. The van der Waals surface area contributed by atoms with E-state index in [0.29, 0.717) is 12.1 Å². The number of aliphatic imine (C=N–C) groups is 1. The number of ether oxygens (including phenoxy) is 2. The van der Waals surface area contributed by atoms with Crippen LogP contribution in [0.1, 0.15) is 21.5 Å². The van der Waals surface area contributed by atoms with Gasteiger partial charge in [0.25, 0.3) is 0 Å². The fourth-order valence-corrected chi connectivity index (χ4v) is 3.43. The van der Waals surface area contributed by atoms with Crippen LogP contribution in [0.2, 0.25) is 0 Å². The maximum absolute atomic E-state index is 11.8. The van der Waals surface area contributed by atoms with Crippen molar-refractivity contribution in [3.8, 4) is 5.75 Å². The number of carbonyl (C=O) groups is 1. The number of hydrogen-bond donors (Lipinski definition) is 0. The third-order valence-electron chi connectivity index (χ3n) is 4.95. The number of aromatic nitrogens is 1. The van der Waals surface area contributed by atoms with Crippen LogP contribution in [0.5, 0.6) is 5.75 Å². The van der Waals surface area contributed by atoms with Crippen molar-refractivity contribution in [3.05, 3.63) is 95.7 Å². The zero-order chi connectivity index (χ0) is 20.9. The normalized spacial score (nSPS) is 11.1. The van der Waals surface area contributed by atoms with E-state index in [2.05, 4.69) is 27.9 Å². The fourth-order valence-electron chi connectivity index (χ4n) is 3.43. The van der Waals surface area contributed by atoms with E-state index in [0.717, 1.165) is 33.5 Å². The predicted octanol–water partition coefficient (Wildman–Crippen LogP) is 5.24. The highest BCUT2D eigenvalue weighted by molar-refractivity contribution is 6.00. The third-order valence-corrected chi connectivity index (χ3v) is 4.95. The third kappa shape index (κ3) is 4.10. The molecule has 0 radical (unpaired) electrons. The quantitative estimate of drug-likeness (QED) is 0.330. The van der Waals surface area contributed by atoms with E-state index < -0.39 is 0 Å². The van der Waals surface area contributed by atoms with Crippen molar-refractivity contribution in [1.29, 1.82) is 0 Å². The minimum Gasteiger partial charge on any atom is -0.497 e. The van der Waals surface area contributed by atoms with Crippen molar-refractivity contribution in [2.24, 2.45) is 4.99 Å². The summed E-state index contributed by atoms with van der Waals surface area (Å²) in [7, 11) is 3.04. The highest BCUT2D eigenvalue weighted by Crippen LogP contribution is 2.23. The lowest BCUT2D eigenvalue weighted by atomic mass is 10.1. The molecular formula is C25H22N2O3. The lowest BCUT2D eigenvalue weighted by Crippen LogP contribution is -2.03. The summed E-state index contributed by atoms with van der Waals surface area (Å²) in [6.45, 7) is 0.641. The van der Waals surface area contributed by atoms with Gasteiger partial charge >= 0.3 is 5.97 Å². The molecule has 0 amide bonds. The molecule has 1 heterocycles. The lowest BCUT2D eigenvalue weighted by molar-refractivity contribution is 0.0600. The molecule has 0 saturated heterocycles. The minimum absolute atomic E-state index is 0.332. The van der Waals surface area contributed by atoms with E-state index in [1.165, 1.54) is 7.11 Å². The molecule has 0 unspecified atom stereocenters. The Kier molecular flexibility index (Phi) is 5.61. The predicted molar refractivity (Wildman–Crippen MR) is 119 cm³/mol. The number of rotatable bonds is 6. The molecule has 4 aromatic rings. The number of benzene rings is 3. The van der Waals surface area contributed by atoms with Gasteiger partial charge < -0.3 is 14.0 Å². The first-order valence-electron chi connectivity index (χ1n) is 9.61. The molecule has 0 aliphatic heterocycles. The van der Waals surface area contributed by atoms with Gasteiger partial charge in [-0.15, -0.1) is 0 Å². The van der Waals surface area contributed by atoms with Crippen LogP contribution in [0.4, 0.5) is 5.69 Å². The smallest absolute Gasteiger partial charge is 0.337 e. The molecule has 0 fully saturated rings. The van der Waals surface area contributed by atoms with Crippen molar-refractivity contribution in [3.63, 3.8) is 0 Å². The van der Waals surface area contributed by atoms with Gasteiger partial charge in [-0.05, 0) is 48.0 Å². The summed E-state index contributed by atoms with van der Waals surface area (Å²) in [6.07, 6.45) is 3.97. The second kappa shape index (κ2) is 8.66. The summed E-state index contributed by atoms with van der Waals surface area (Å²) < 4.78 is 12.2. The van der Waals surface area contributed by atoms with Crippen molar-refractivity contribution in [2.75, 3.05) is 14.2 Å². The fraction of sp³-hybridized carbons (Fsp3) is 0.120. The molecule has 3 aromatic carbocycles. The molecule has 0 atom stereocenters. The molecule has 5 nitrogen and oxygen atoms in total. The molecule has 0 N–H and O–H groups in total. The number of esters is 1. The van der Waals surface area contributed by atoms with E-state index in [1.54, 1.807) is 13.2 Å². The Labute approximate surface area is 175 Å². The molecule has 4 rings (SSSR count). The Morgan fingerprint density at radius 1 is 1.00 bits per heavy atom. The Hall–Kier alpha value is -3.86. The summed E-state index contributed by atoms with van der Waals surface area (Å²) in [5, 5.41) is 1.12. The van der Waals surface area contributed by atoms with Gasteiger partial charge in [0.05, 0.1) is 25.5 Å². The highest BCUT2D eigenvalue weighted by atomic mass is 16.5. The minimum atomic E-state index is -0.332. The van der Waals surface area contributed by atoms with Gasteiger partial charge in [-0.25, -0.2) is 4.79 Å². The van der Waals surface area contributed by atoms with Crippen molar-refractivity contribution in [2.45, 2.75) is 6.54 Å². The molecule has 30 heavy (non-hydrogen) atoms. The molecule has 0 bridgehead atoms. The first-order valence-corrected chi connectivity index (χ1v) is 9.61. The summed E-state index contributed by atoms with van der Waals surface area (Å²) in [5.74, 6) is 0.473. The van der Waals surface area contributed by atoms with Gasteiger partial charge in [0, 0.05) is 35.4 Å². The summed E-state index contributed by atoms with van der Waals surface area (Å²) >= 11 is 0. The first-order chi connectivity index (χ1) is 14.7. The van der Waals surface area contributed by atoms with Crippen LogP contribution in [-0.2, 0) is 11.3 Å². The van der Waals surface area contributed by atoms with Gasteiger partial charge in [0.2, 0.25) is 0 Å². The molecule has 5 heteroatoms. The Bertz CT molecular complexity index is 1210. The van der Waals surface area contributed by atoms with Crippen LogP contribution >= 0.6 is 0 Å². The molecule has 0 aliphatic carbocycles. The van der Waals surface area contributed by atoms with Crippen molar-refractivity contribution in [1.82, 2.24) is 4.57 Å². The van der Waals surface area contributed by atoms with Crippen LogP contribution < -0.4 is 4.74 Å². The SMILES string of the molecule is COC(=O)c1cccc(Cn2cc(C=Nc3ccc(OC)cc3)c3ccccc32)c1. The maximum atomic E-state index is 11.8. The lowest BCUT2D eigenvalue weighted by Gasteiger charge is -2.07. The number of carbonyl (C=O) groups excluding carboxylic acids is 1. The average molecular weight is 398 g/mol. The Morgan fingerprint density at radius 3 is 2.57 bits per heavy atom. The van der Waals surface area contributed by atoms with Crippen molar-refractivity contribution >= 4 is 28.8 Å². The van der Waals surface area contributed by atoms with Crippen LogP contribution in [0.15, 0.2) is 84.0 Å². The number of methoxy groups -OCH3 is 2. The first kappa shape index (κ1) is 19.5. The molecular weight excluding hydrogens is 376 g/mol. The Morgan fingerprint density at radius 2 is 1.80 bits per heavy atom. The monoisotopic (exact) mass is 398 g/mol. The van der Waals surface area contributed by atoms with Gasteiger partial charge in [0.1, 0.15) is 5.75 Å². The number of hydrogen-bond acceptors (Lipinski definition) is 4.